The number of nitrogens with two attached hydrogens (primary N) is 1. The van der Waals surface area contributed by atoms with E-state index in [0.29, 0.717) is 13.3 Å². The maximum Gasteiger partial charge on any atom is 0.170 e. The Hall–Kier alpha value is -1.27. The Morgan fingerprint density at radius 1 is 1.69 bits per heavy atom. The standard InChI is InChI=1S/C7H13N5O/c1-3-13-12-6(2)9-7-4-10(8)5-11(7)12/h4H,3,5,8H2,1-2H3. The number of fused-ring (bicyclic) bond motifs is 1. The van der Waals surface area contributed by atoms with E-state index in [4.69, 9.17) is 10.7 Å². The molecule has 0 aromatic heterocycles. The normalized spacial score (nSPS) is 20.7. The highest BCUT2D eigenvalue weighted by Gasteiger charge is 2.32. The summed E-state index contributed by atoms with van der Waals surface area (Å²) < 4.78 is 0. The second-order valence-corrected chi connectivity index (χ2v) is 2.89. The number of hydrogen-bond acceptors (Lipinski definition) is 6. The van der Waals surface area contributed by atoms with Gasteiger partial charge in [-0.2, -0.15) is 0 Å². The first-order valence-electron chi connectivity index (χ1n) is 4.21. The van der Waals surface area contributed by atoms with Crippen LogP contribution in [0.1, 0.15) is 13.8 Å². The van der Waals surface area contributed by atoms with Crippen molar-refractivity contribution in [3.05, 3.63) is 12.0 Å². The van der Waals surface area contributed by atoms with Crippen LogP contribution >= 0.6 is 0 Å². The van der Waals surface area contributed by atoms with Crippen LogP contribution in [0.25, 0.3) is 0 Å². The van der Waals surface area contributed by atoms with E-state index in [9.17, 15) is 0 Å². The smallest absolute Gasteiger partial charge is 0.170 e. The molecule has 0 aromatic rings. The zero-order valence-corrected chi connectivity index (χ0v) is 7.77. The molecule has 0 fully saturated rings. The number of amidine groups is 1. The second kappa shape index (κ2) is 2.90. The van der Waals surface area contributed by atoms with E-state index in [-0.39, 0.29) is 0 Å². The molecule has 2 heterocycles. The molecule has 0 bridgehead atoms. The van der Waals surface area contributed by atoms with Crippen molar-refractivity contribution >= 4 is 5.84 Å². The number of hydrogen-bond donors (Lipinski definition) is 1. The molecule has 0 spiro atoms. The number of hydroxylamine groups is 1. The molecule has 0 aromatic carbocycles. The van der Waals surface area contributed by atoms with Gasteiger partial charge in [0, 0.05) is 0 Å². The largest absolute Gasteiger partial charge is 0.293 e. The fourth-order valence-electron chi connectivity index (χ4n) is 1.39. The highest BCUT2D eigenvalue weighted by molar-refractivity contribution is 5.81. The van der Waals surface area contributed by atoms with Crippen LogP contribution in [-0.2, 0) is 4.84 Å². The van der Waals surface area contributed by atoms with Gasteiger partial charge in [-0.25, -0.2) is 15.8 Å². The molecule has 2 N–H and O–H groups in total. The molecule has 0 amide bonds. The quantitative estimate of drug-likeness (QED) is 0.602. The van der Waals surface area contributed by atoms with E-state index in [1.165, 1.54) is 0 Å². The van der Waals surface area contributed by atoms with E-state index in [1.807, 2.05) is 18.9 Å². The summed E-state index contributed by atoms with van der Waals surface area (Å²) in [5.74, 6) is 7.25. The number of nitrogens with zero attached hydrogens (tertiary/aromatic N) is 4. The van der Waals surface area contributed by atoms with Crippen LogP contribution in [0.4, 0.5) is 0 Å². The van der Waals surface area contributed by atoms with Crippen molar-refractivity contribution in [1.82, 2.24) is 15.2 Å². The van der Waals surface area contributed by atoms with Crippen LogP contribution in [0.5, 0.6) is 0 Å². The monoisotopic (exact) mass is 183 g/mol. The molecule has 2 aliphatic rings. The molecule has 6 heteroatoms. The van der Waals surface area contributed by atoms with Crippen molar-refractivity contribution in [3.63, 3.8) is 0 Å². The third-order valence-corrected chi connectivity index (χ3v) is 1.87. The third kappa shape index (κ3) is 1.24. The van der Waals surface area contributed by atoms with Crippen LogP contribution < -0.4 is 5.84 Å². The summed E-state index contributed by atoms with van der Waals surface area (Å²) >= 11 is 0. The van der Waals surface area contributed by atoms with Crippen molar-refractivity contribution < 1.29 is 4.84 Å². The summed E-state index contributed by atoms with van der Waals surface area (Å²) in [4.78, 5) is 9.67. The molecule has 0 aliphatic carbocycles. The first-order chi connectivity index (χ1) is 6.22. The van der Waals surface area contributed by atoms with Gasteiger partial charge in [0.1, 0.15) is 6.67 Å². The first kappa shape index (κ1) is 8.33. The van der Waals surface area contributed by atoms with Crippen molar-refractivity contribution in [2.45, 2.75) is 13.8 Å². The molecular weight excluding hydrogens is 170 g/mol. The van der Waals surface area contributed by atoms with Crippen LogP contribution in [0.15, 0.2) is 17.0 Å². The fourth-order valence-corrected chi connectivity index (χ4v) is 1.39. The van der Waals surface area contributed by atoms with E-state index in [2.05, 4.69) is 4.99 Å². The Kier molecular flexibility index (Phi) is 1.86. The summed E-state index contributed by atoms with van der Waals surface area (Å²) in [6, 6.07) is 0. The van der Waals surface area contributed by atoms with Gasteiger partial charge in [-0.3, -0.25) is 9.85 Å². The molecule has 0 radical (unpaired) electrons. The van der Waals surface area contributed by atoms with Crippen molar-refractivity contribution in [1.29, 1.82) is 0 Å². The van der Waals surface area contributed by atoms with Gasteiger partial charge in [-0.1, -0.05) is 0 Å². The highest BCUT2D eigenvalue weighted by atomic mass is 16.7. The van der Waals surface area contributed by atoms with Gasteiger partial charge in [0.2, 0.25) is 0 Å². The lowest BCUT2D eigenvalue weighted by molar-refractivity contribution is -0.208. The van der Waals surface area contributed by atoms with E-state index in [1.54, 1.807) is 16.4 Å². The van der Waals surface area contributed by atoms with Crippen LogP contribution in [0.2, 0.25) is 0 Å². The summed E-state index contributed by atoms with van der Waals surface area (Å²) in [5, 5.41) is 5.11. The molecule has 0 atom stereocenters. The minimum absolute atomic E-state index is 0.580. The van der Waals surface area contributed by atoms with Crippen molar-refractivity contribution in [3.8, 4) is 0 Å². The molecule has 2 rings (SSSR count). The third-order valence-electron chi connectivity index (χ3n) is 1.87. The maximum atomic E-state index is 5.59. The predicted molar refractivity (Wildman–Crippen MR) is 47.4 cm³/mol. The maximum absolute atomic E-state index is 5.59. The van der Waals surface area contributed by atoms with Crippen molar-refractivity contribution in [2.75, 3.05) is 13.3 Å². The van der Waals surface area contributed by atoms with Gasteiger partial charge >= 0.3 is 0 Å². The van der Waals surface area contributed by atoms with E-state index < -0.39 is 0 Å². The number of aliphatic imine (C=N–C) groups is 1. The fraction of sp³-hybridized carbons (Fsp3) is 0.571. The van der Waals surface area contributed by atoms with Gasteiger partial charge in [-0.05, 0) is 13.8 Å². The zero-order valence-electron chi connectivity index (χ0n) is 7.77. The summed E-state index contributed by atoms with van der Waals surface area (Å²) in [6.07, 6.45) is 1.78. The number of hydrazine groups is 2. The molecule has 13 heavy (non-hydrogen) atoms. The Bertz CT molecular complexity index is 274. The van der Waals surface area contributed by atoms with Crippen LogP contribution in [-0.4, -0.2) is 34.3 Å². The second-order valence-electron chi connectivity index (χ2n) is 2.89. The Morgan fingerprint density at radius 2 is 2.46 bits per heavy atom. The van der Waals surface area contributed by atoms with Gasteiger partial charge in [0.15, 0.2) is 11.7 Å². The summed E-state index contributed by atoms with van der Waals surface area (Å²) in [5.41, 5.74) is 0. The molecule has 0 saturated carbocycles. The minimum Gasteiger partial charge on any atom is -0.293 e. The molecule has 72 valence electrons. The lowest BCUT2D eigenvalue weighted by atomic mass is 10.7. The molecule has 6 nitrogen and oxygen atoms in total. The lowest BCUT2D eigenvalue weighted by Gasteiger charge is -2.27. The summed E-state index contributed by atoms with van der Waals surface area (Å²) in [7, 11) is 0. The SMILES string of the molecule is CCON1C(C)=NC2=CN(N)CN21. The van der Waals surface area contributed by atoms with Gasteiger partial charge in [0.25, 0.3) is 0 Å². The Morgan fingerprint density at radius 3 is 3.15 bits per heavy atom. The van der Waals surface area contributed by atoms with E-state index in [0.717, 1.165) is 11.7 Å². The molecule has 2 aliphatic heterocycles. The van der Waals surface area contributed by atoms with Gasteiger partial charge in [0.05, 0.1) is 12.8 Å². The minimum atomic E-state index is 0.580. The number of rotatable bonds is 2. The van der Waals surface area contributed by atoms with E-state index >= 15 is 0 Å². The molecular formula is C7H13N5O. The van der Waals surface area contributed by atoms with Crippen LogP contribution in [0.3, 0.4) is 0 Å². The Labute approximate surface area is 76.8 Å². The first-order valence-corrected chi connectivity index (χ1v) is 4.21. The topological polar surface area (TPSA) is 57.3 Å². The van der Waals surface area contributed by atoms with Crippen LogP contribution in [0, 0.1) is 0 Å². The highest BCUT2D eigenvalue weighted by Crippen LogP contribution is 2.24. The van der Waals surface area contributed by atoms with Gasteiger partial charge in [-0.15, -0.1) is 5.17 Å². The molecule has 0 unspecified atom stereocenters. The predicted octanol–water partition coefficient (Wildman–Crippen LogP) is -0.165. The Balaban J connectivity index is 2.17. The lowest BCUT2D eigenvalue weighted by Crippen LogP contribution is -2.42. The van der Waals surface area contributed by atoms with Crippen molar-refractivity contribution in [2.24, 2.45) is 10.8 Å². The van der Waals surface area contributed by atoms with Gasteiger partial charge < -0.3 is 0 Å². The summed E-state index contributed by atoms with van der Waals surface area (Å²) in [6.45, 7) is 5.03. The molecule has 0 saturated heterocycles. The average molecular weight is 183 g/mol. The average Bonchev–Trinajstić information content (AvgIpc) is 2.52. The zero-order chi connectivity index (χ0) is 9.42.